The topological polar surface area (TPSA) is 73.2 Å². The first-order valence-electron chi connectivity index (χ1n) is 7.01. The summed E-state index contributed by atoms with van der Waals surface area (Å²) in [5.74, 6) is -0.618. The van der Waals surface area contributed by atoms with Gasteiger partial charge in [-0.3, -0.25) is 9.48 Å². The maximum absolute atomic E-state index is 12.2. The first kappa shape index (κ1) is 17.7. The van der Waals surface area contributed by atoms with E-state index in [0.717, 1.165) is 20.7 Å². The Kier molecular flexibility index (Phi) is 5.59. The van der Waals surface area contributed by atoms with Crippen molar-refractivity contribution in [3.63, 3.8) is 0 Å². The molecule has 2 heterocycles. The van der Waals surface area contributed by atoms with Gasteiger partial charge in [-0.25, -0.2) is 4.79 Å². The van der Waals surface area contributed by atoms with Gasteiger partial charge in [-0.2, -0.15) is 5.10 Å². The Morgan fingerprint density at radius 1 is 1.39 bits per heavy atom. The van der Waals surface area contributed by atoms with Crippen LogP contribution in [0.3, 0.4) is 0 Å². The molecule has 0 saturated carbocycles. The summed E-state index contributed by atoms with van der Waals surface area (Å²) in [6.45, 7) is 6.20. The lowest BCUT2D eigenvalue weighted by atomic mass is 10.3. The number of aryl methyl sites for hydroxylation is 3. The van der Waals surface area contributed by atoms with Crippen molar-refractivity contribution >= 4 is 44.1 Å². The van der Waals surface area contributed by atoms with Crippen LogP contribution in [0.4, 0.5) is 5.00 Å². The van der Waals surface area contributed by atoms with E-state index in [2.05, 4.69) is 26.3 Å². The second-order valence-electron chi connectivity index (χ2n) is 5.10. The number of hydrogen-bond acceptors (Lipinski definition) is 5. The molecule has 8 heteroatoms. The van der Waals surface area contributed by atoms with E-state index in [1.54, 1.807) is 10.7 Å². The van der Waals surface area contributed by atoms with E-state index in [4.69, 9.17) is 4.74 Å². The highest BCUT2D eigenvalue weighted by Crippen LogP contribution is 2.28. The van der Waals surface area contributed by atoms with Gasteiger partial charge < -0.3 is 10.1 Å². The van der Waals surface area contributed by atoms with Gasteiger partial charge in [0, 0.05) is 17.0 Å². The number of ether oxygens (including phenoxy) is 1. The molecule has 0 aliphatic rings. The lowest BCUT2D eigenvalue weighted by molar-refractivity contribution is -0.116. The summed E-state index contributed by atoms with van der Waals surface area (Å²) in [6, 6.07) is 1.71. The highest BCUT2D eigenvalue weighted by molar-refractivity contribution is 9.10. The SMILES string of the molecule is COC(=O)c1cc(C)sc1NC(=O)CCn1nc(C)c(Br)c1C. The smallest absolute Gasteiger partial charge is 0.340 e. The molecule has 2 aromatic heterocycles. The third-order valence-electron chi connectivity index (χ3n) is 3.36. The Balaban J connectivity index is 2.03. The van der Waals surface area contributed by atoms with Crippen molar-refractivity contribution in [1.29, 1.82) is 0 Å². The van der Waals surface area contributed by atoms with Crippen LogP contribution in [0.2, 0.25) is 0 Å². The molecular formula is C15H18BrN3O3S. The number of nitrogens with zero attached hydrogens (tertiary/aromatic N) is 2. The average molecular weight is 400 g/mol. The molecule has 1 amide bonds. The summed E-state index contributed by atoms with van der Waals surface area (Å²) in [4.78, 5) is 24.8. The third kappa shape index (κ3) is 4.00. The van der Waals surface area contributed by atoms with E-state index in [1.165, 1.54) is 18.4 Å². The van der Waals surface area contributed by atoms with Crippen molar-refractivity contribution in [2.75, 3.05) is 12.4 Å². The van der Waals surface area contributed by atoms with Gasteiger partial charge in [-0.15, -0.1) is 11.3 Å². The Morgan fingerprint density at radius 2 is 2.09 bits per heavy atom. The number of hydrogen-bond donors (Lipinski definition) is 1. The quantitative estimate of drug-likeness (QED) is 0.781. The van der Waals surface area contributed by atoms with Crippen molar-refractivity contribution in [2.24, 2.45) is 0 Å². The predicted molar refractivity (Wildman–Crippen MR) is 93.0 cm³/mol. The van der Waals surface area contributed by atoms with Gasteiger partial charge in [0.05, 0.1) is 29.4 Å². The van der Waals surface area contributed by atoms with Gasteiger partial charge in [-0.1, -0.05) is 0 Å². The number of carbonyl (C=O) groups excluding carboxylic acids is 2. The minimum Gasteiger partial charge on any atom is -0.465 e. The van der Waals surface area contributed by atoms with E-state index in [1.807, 2.05) is 20.8 Å². The van der Waals surface area contributed by atoms with Crippen molar-refractivity contribution in [2.45, 2.75) is 33.7 Å². The van der Waals surface area contributed by atoms with Crippen LogP contribution in [-0.2, 0) is 16.1 Å². The Bertz CT molecular complexity index is 751. The molecule has 0 bridgehead atoms. The second-order valence-corrected chi connectivity index (χ2v) is 7.15. The highest BCUT2D eigenvalue weighted by Gasteiger charge is 2.17. The zero-order valence-electron chi connectivity index (χ0n) is 13.4. The molecule has 6 nitrogen and oxygen atoms in total. The molecule has 0 atom stereocenters. The number of methoxy groups -OCH3 is 1. The van der Waals surface area contributed by atoms with Crippen LogP contribution in [0.5, 0.6) is 0 Å². The predicted octanol–water partition coefficient (Wildman–Crippen LogP) is 3.45. The fourth-order valence-corrected chi connectivity index (χ4v) is 3.36. The van der Waals surface area contributed by atoms with E-state index >= 15 is 0 Å². The molecule has 0 aromatic carbocycles. The molecule has 0 aliphatic carbocycles. The summed E-state index contributed by atoms with van der Waals surface area (Å²) in [7, 11) is 1.32. The number of thiophene rings is 1. The molecule has 1 N–H and O–H groups in total. The van der Waals surface area contributed by atoms with Crippen LogP contribution < -0.4 is 5.32 Å². The molecule has 0 saturated heterocycles. The summed E-state index contributed by atoms with van der Waals surface area (Å²) in [5.41, 5.74) is 2.26. The van der Waals surface area contributed by atoms with Crippen molar-refractivity contribution in [1.82, 2.24) is 9.78 Å². The molecule has 2 aromatic rings. The lowest BCUT2D eigenvalue weighted by Crippen LogP contribution is -2.16. The van der Waals surface area contributed by atoms with Crippen molar-refractivity contribution in [3.8, 4) is 0 Å². The van der Waals surface area contributed by atoms with Gasteiger partial charge in [0.1, 0.15) is 5.00 Å². The van der Waals surface area contributed by atoms with E-state index in [-0.39, 0.29) is 12.3 Å². The van der Waals surface area contributed by atoms with Gasteiger partial charge >= 0.3 is 5.97 Å². The van der Waals surface area contributed by atoms with Crippen LogP contribution in [-0.4, -0.2) is 28.8 Å². The first-order valence-corrected chi connectivity index (χ1v) is 8.62. The van der Waals surface area contributed by atoms with Crippen LogP contribution in [0, 0.1) is 20.8 Å². The third-order valence-corrected chi connectivity index (χ3v) is 5.47. The van der Waals surface area contributed by atoms with Gasteiger partial charge in [0.25, 0.3) is 0 Å². The normalized spacial score (nSPS) is 10.7. The minimum absolute atomic E-state index is 0.166. The van der Waals surface area contributed by atoms with Gasteiger partial charge in [0.2, 0.25) is 5.91 Å². The van der Waals surface area contributed by atoms with E-state index < -0.39 is 5.97 Å². The summed E-state index contributed by atoms with van der Waals surface area (Å²) in [6.07, 6.45) is 0.270. The Hall–Kier alpha value is -1.67. The van der Waals surface area contributed by atoms with Gasteiger partial charge in [-0.05, 0) is 42.8 Å². The number of carbonyl (C=O) groups is 2. The fraction of sp³-hybridized carbons (Fsp3) is 0.400. The molecule has 0 fully saturated rings. The summed E-state index contributed by atoms with van der Waals surface area (Å²) in [5, 5.41) is 7.68. The molecule has 23 heavy (non-hydrogen) atoms. The molecule has 124 valence electrons. The number of esters is 1. The molecule has 0 spiro atoms. The number of halogens is 1. The number of nitrogens with one attached hydrogen (secondary N) is 1. The molecule has 0 unspecified atom stereocenters. The number of anilines is 1. The van der Waals surface area contributed by atoms with Crippen molar-refractivity contribution in [3.05, 3.63) is 32.4 Å². The molecular weight excluding hydrogens is 382 g/mol. The monoisotopic (exact) mass is 399 g/mol. The van der Waals surface area contributed by atoms with Gasteiger partial charge in [0.15, 0.2) is 0 Å². The zero-order chi connectivity index (χ0) is 17.1. The largest absolute Gasteiger partial charge is 0.465 e. The molecule has 0 aliphatic heterocycles. The molecule has 2 rings (SSSR count). The molecule has 0 radical (unpaired) electrons. The summed E-state index contributed by atoms with van der Waals surface area (Å²) < 4.78 is 7.48. The number of rotatable bonds is 5. The Labute approximate surface area is 147 Å². The first-order chi connectivity index (χ1) is 10.8. The van der Waals surface area contributed by atoms with Crippen molar-refractivity contribution < 1.29 is 14.3 Å². The van der Waals surface area contributed by atoms with Crippen LogP contribution >= 0.6 is 27.3 Å². The Morgan fingerprint density at radius 3 is 2.65 bits per heavy atom. The number of amides is 1. The zero-order valence-corrected chi connectivity index (χ0v) is 15.8. The summed E-state index contributed by atoms with van der Waals surface area (Å²) >= 11 is 4.82. The van der Waals surface area contributed by atoms with Crippen LogP contribution in [0.1, 0.15) is 33.0 Å². The lowest BCUT2D eigenvalue weighted by Gasteiger charge is -2.07. The average Bonchev–Trinajstić information content (AvgIpc) is 2.99. The van der Waals surface area contributed by atoms with E-state index in [9.17, 15) is 9.59 Å². The standard InChI is InChI=1S/C15H18BrN3O3S/c1-8-7-11(15(21)22-4)14(23-8)17-12(20)5-6-19-10(3)13(16)9(2)18-19/h7H,5-6H2,1-4H3,(H,17,20). The number of aromatic nitrogens is 2. The maximum Gasteiger partial charge on any atom is 0.340 e. The van der Waals surface area contributed by atoms with Crippen LogP contribution in [0.15, 0.2) is 10.5 Å². The maximum atomic E-state index is 12.2. The second kappa shape index (κ2) is 7.27. The minimum atomic E-state index is -0.452. The van der Waals surface area contributed by atoms with E-state index in [0.29, 0.717) is 17.1 Å². The fourth-order valence-electron chi connectivity index (χ4n) is 2.16. The highest BCUT2D eigenvalue weighted by atomic mass is 79.9. The van der Waals surface area contributed by atoms with Crippen LogP contribution in [0.25, 0.3) is 0 Å².